The molecule has 2 amide bonds. The quantitative estimate of drug-likeness (QED) is 0.444. The van der Waals surface area contributed by atoms with Crippen molar-refractivity contribution in [3.63, 3.8) is 0 Å². The van der Waals surface area contributed by atoms with E-state index in [0.29, 0.717) is 0 Å². The van der Waals surface area contributed by atoms with Gasteiger partial charge >= 0.3 is 0 Å². The number of rotatable bonds is 8. The van der Waals surface area contributed by atoms with Gasteiger partial charge in [-0.1, -0.05) is 60.7 Å². The summed E-state index contributed by atoms with van der Waals surface area (Å²) in [5, 5.41) is 12.7. The second-order valence-corrected chi connectivity index (χ2v) is 9.37. The van der Waals surface area contributed by atoms with Gasteiger partial charge in [-0.15, -0.1) is 10.2 Å². The van der Waals surface area contributed by atoms with Gasteiger partial charge in [0.05, 0.1) is 17.3 Å². The van der Waals surface area contributed by atoms with Crippen LogP contribution in [0.1, 0.15) is 42.2 Å². The molecule has 3 rings (SSSR count). The van der Waals surface area contributed by atoms with Gasteiger partial charge in [-0.05, 0) is 24.6 Å². The molecule has 0 spiro atoms. The fourth-order valence-electron chi connectivity index (χ4n) is 2.63. The first-order valence-electron chi connectivity index (χ1n) is 9.41. The zero-order valence-corrected chi connectivity index (χ0v) is 18.5. The minimum absolute atomic E-state index is 0.0786. The lowest BCUT2D eigenvalue weighted by Crippen LogP contribution is -2.28. The summed E-state index contributed by atoms with van der Waals surface area (Å²) in [5.74, 6) is -0.731. The minimum atomic E-state index is -4.11. The molecule has 11 heteroatoms. The van der Waals surface area contributed by atoms with Crippen molar-refractivity contribution in [3.05, 3.63) is 65.7 Å². The van der Waals surface area contributed by atoms with Crippen molar-refractivity contribution in [2.24, 2.45) is 0 Å². The zero-order chi connectivity index (χ0) is 22.4. The minimum Gasteiger partial charge on any atom is -0.345 e. The van der Waals surface area contributed by atoms with Crippen LogP contribution in [-0.4, -0.2) is 30.4 Å². The Balaban J connectivity index is 1.78. The highest BCUT2D eigenvalue weighted by Gasteiger charge is 2.24. The van der Waals surface area contributed by atoms with E-state index in [2.05, 4.69) is 25.6 Å². The van der Waals surface area contributed by atoms with Crippen LogP contribution in [0.15, 0.2) is 58.9 Å². The van der Waals surface area contributed by atoms with Crippen molar-refractivity contribution >= 4 is 44.0 Å². The molecule has 0 aliphatic carbocycles. The van der Waals surface area contributed by atoms with Crippen LogP contribution < -0.4 is 15.4 Å². The molecule has 31 heavy (non-hydrogen) atoms. The maximum atomic E-state index is 12.8. The van der Waals surface area contributed by atoms with Gasteiger partial charge in [0.1, 0.15) is 0 Å². The molecule has 0 radical (unpaired) electrons. The van der Waals surface area contributed by atoms with E-state index < -0.39 is 15.9 Å². The smallest absolute Gasteiger partial charge is 0.291 e. The lowest BCUT2D eigenvalue weighted by atomic mass is 10.1. The van der Waals surface area contributed by atoms with Crippen LogP contribution >= 0.6 is 11.3 Å². The molecule has 9 nitrogen and oxygen atoms in total. The Morgan fingerprint density at radius 3 is 2.42 bits per heavy atom. The molecule has 3 aromatic rings. The van der Waals surface area contributed by atoms with E-state index in [1.54, 1.807) is 19.1 Å². The molecule has 1 heterocycles. The fourth-order valence-corrected chi connectivity index (χ4v) is 4.63. The number of carbonyl (C=O) groups is 2. The number of para-hydroxylation sites is 1. The summed E-state index contributed by atoms with van der Waals surface area (Å²) < 4.78 is 27.5. The van der Waals surface area contributed by atoms with Gasteiger partial charge in [-0.25, -0.2) is 0 Å². The van der Waals surface area contributed by atoms with Crippen LogP contribution in [0.2, 0.25) is 0 Å². The summed E-state index contributed by atoms with van der Waals surface area (Å²) in [7, 11) is -4.11. The largest absolute Gasteiger partial charge is 0.345 e. The number of benzene rings is 2. The van der Waals surface area contributed by atoms with Gasteiger partial charge in [-0.2, -0.15) is 8.42 Å². The molecule has 1 aromatic heterocycles. The molecule has 2 aromatic carbocycles. The fraction of sp³-hybridized carbons (Fsp3) is 0.200. The molecule has 3 N–H and O–H groups in total. The first kappa shape index (κ1) is 22.4. The number of hydrogen-bond acceptors (Lipinski definition) is 7. The predicted octanol–water partition coefficient (Wildman–Crippen LogP) is 3.18. The Morgan fingerprint density at radius 2 is 1.71 bits per heavy atom. The molecule has 1 unspecified atom stereocenters. The lowest BCUT2D eigenvalue weighted by Gasteiger charge is -2.16. The third-order valence-corrected chi connectivity index (χ3v) is 6.84. The molecular formula is C20H21N5O4S2. The Hall–Kier alpha value is -3.31. The molecule has 0 bridgehead atoms. The number of nitrogens with zero attached hydrogens (tertiary/aromatic N) is 2. The number of aromatic nitrogens is 2. The third-order valence-electron chi connectivity index (χ3n) is 4.27. The van der Waals surface area contributed by atoms with E-state index in [9.17, 15) is 18.0 Å². The van der Waals surface area contributed by atoms with Gasteiger partial charge < -0.3 is 10.6 Å². The number of anilines is 2. The summed E-state index contributed by atoms with van der Waals surface area (Å²) in [6.45, 7) is 3.50. The van der Waals surface area contributed by atoms with Gasteiger partial charge in [0.15, 0.2) is 0 Å². The van der Waals surface area contributed by atoms with E-state index in [0.717, 1.165) is 16.9 Å². The van der Waals surface area contributed by atoms with Crippen molar-refractivity contribution in [2.45, 2.75) is 30.6 Å². The SMILES string of the molecule is CCC(=O)Nc1nnc(S(=O)(=O)Nc2ccccc2C(=O)NC(C)c2ccccc2)s1. The van der Waals surface area contributed by atoms with Crippen LogP contribution in [-0.2, 0) is 14.8 Å². The summed E-state index contributed by atoms with van der Waals surface area (Å²) in [6, 6.07) is 15.4. The summed E-state index contributed by atoms with van der Waals surface area (Å²) in [4.78, 5) is 24.3. The van der Waals surface area contributed by atoms with Crippen LogP contribution in [0.4, 0.5) is 10.8 Å². The normalized spacial score (nSPS) is 12.1. The van der Waals surface area contributed by atoms with E-state index >= 15 is 0 Å². The zero-order valence-electron chi connectivity index (χ0n) is 16.8. The predicted molar refractivity (Wildman–Crippen MR) is 118 cm³/mol. The number of carbonyl (C=O) groups excluding carboxylic acids is 2. The van der Waals surface area contributed by atoms with Crippen LogP contribution in [0.5, 0.6) is 0 Å². The number of nitrogens with one attached hydrogen (secondary N) is 3. The van der Waals surface area contributed by atoms with Gasteiger partial charge in [0.25, 0.3) is 20.3 Å². The molecule has 0 saturated heterocycles. The van der Waals surface area contributed by atoms with Crippen molar-refractivity contribution in [1.29, 1.82) is 0 Å². The number of amides is 2. The first-order chi connectivity index (χ1) is 14.8. The molecule has 1 atom stereocenters. The van der Waals surface area contributed by atoms with E-state index in [1.165, 1.54) is 12.1 Å². The van der Waals surface area contributed by atoms with Crippen molar-refractivity contribution < 1.29 is 18.0 Å². The molecule has 162 valence electrons. The van der Waals surface area contributed by atoms with E-state index in [-0.39, 0.29) is 39.1 Å². The molecule has 0 fully saturated rings. The third kappa shape index (κ3) is 5.64. The van der Waals surface area contributed by atoms with Gasteiger partial charge in [0.2, 0.25) is 11.0 Å². The van der Waals surface area contributed by atoms with Crippen LogP contribution in [0.25, 0.3) is 0 Å². The van der Waals surface area contributed by atoms with E-state index in [4.69, 9.17) is 0 Å². The Labute approximate surface area is 184 Å². The maximum Gasteiger partial charge on any atom is 0.291 e. The number of hydrogen-bond donors (Lipinski definition) is 3. The molecule has 0 aliphatic rings. The second-order valence-electron chi connectivity index (χ2n) is 6.53. The van der Waals surface area contributed by atoms with E-state index in [1.807, 2.05) is 37.3 Å². The van der Waals surface area contributed by atoms with Gasteiger partial charge in [0, 0.05) is 6.42 Å². The van der Waals surface area contributed by atoms with Crippen LogP contribution in [0, 0.1) is 0 Å². The summed E-state index contributed by atoms with van der Waals surface area (Å²) >= 11 is 0.720. The first-order valence-corrected chi connectivity index (χ1v) is 11.7. The standard InChI is InChI=1S/C20H21N5O4S2/c1-3-17(26)22-19-23-24-20(30-19)31(28,29)25-16-12-8-7-11-15(16)18(27)21-13(2)14-9-5-4-6-10-14/h4-13,25H,3H2,1-2H3,(H,21,27)(H,22,23,26). The number of sulfonamides is 1. The van der Waals surface area contributed by atoms with Crippen molar-refractivity contribution in [2.75, 3.05) is 10.0 Å². The van der Waals surface area contributed by atoms with Crippen molar-refractivity contribution in [3.8, 4) is 0 Å². The average molecular weight is 460 g/mol. The highest BCUT2D eigenvalue weighted by molar-refractivity contribution is 7.94. The monoisotopic (exact) mass is 459 g/mol. The van der Waals surface area contributed by atoms with Gasteiger partial charge in [-0.3, -0.25) is 14.3 Å². The summed E-state index contributed by atoms with van der Waals surface area (Å²) in [6.07, 6.45) is 0.226. The van der Waals surface area contributed by atoms with Crippen LogP contribution in [0.3, 0.4) is 0 Å². The Morgan fingerprint density at radius 1 is 1.03 bits per heavy atom. The average Bonchev–Trinajstić information content (AvgIpc) is 3.23. The second kappa shape index (κ2) is 9.67. The Bertz CT molecular complexity index is 1180. The molecule has 0 saturated carbocycles. The van der Waals surface area contributed by atoms with Crippen molar-refractivity contribution in [1.82, 2.24) is 15.5 Å². The summed E-state index contributed by atoms with van der Waals surface area (Å²) in [5.41, 5.74) is 1.19. The highest BCUT2D eigenvalue weighted by Crippen LogP contribution is 2.25. The lowest BCUT2D eigenvalue weighted by molar-refractivity contribution is -0.115. The molecular weight excluding hydrogens is 438 g/mol. The maximum absolute atomic E-state index is 12.8. The molecule has 0 aliphatic heterocycles. The topological polar surface area (TPSA) is 130 Å². The highest BCUT2D eigenvalue weighted by atomic mass is 32.2. The Kier molecular flexibility index (Phi) is 6.98.